The molecule has 0 spiro atoms. The third-order valence-electron chi connectivity index (χ3n) is 14.9. The first-order chi connectivity index (χ1) is 34.5. The van der Waals surface area contributed by atoms with Gasteiger partial charge in [-0.1, -0.05) is 223 Å². The molecule has 72 heavy (non-hydrogen) atoms. The molecule has 1 saturated carbocycles. The fraction of sp³-hybridized carbons (Fsp3) is 0.194. The number of phenols is 1. The van der Waals surface area contributed by atoms with Gasteiger partial charge in [-0.05, 0) is 98.7 Å². The van der Waals surface area contributed by atoms with E-state index in [1.807, 2.05) is 18.3 Å². The molecule has 1 aliphatic rings. The molecule has 5 heteroatoms. The van der Waals surface area contributed by atoms with Crippen LogP contribution in [-0.2, 0) is 38.3 Å². The van der Waals surface area contributed by atoms with Crippen LogP contribution in [0.3, 0.4) is 0 Å². The molecule has 2 aromatic heterocycles. The average molecular weight is 1120 g/mol. The second-order valence-electron chi connectivity index (χ2n) is 21.1. The molecule has 2 heterocycles. The Kier molecular flexibility index (Phi) is 13.6. The number of hydrogen-bond donors (Lipinski definition) is 1. The largest absolute Gasteiger partial charge is 0.507 e. The van der Waals surface area contributed by atoms with Crippen molar-refractivity contribution in [3.05, 3.63) is 229 Å². The van der Waals surface area contributed by atoms with Crippen LogP contribution in [0.25, 0.3) is 83.9 Å². The third-order valence-corrected chi connectivity index (χ3v) is 14.9. The number of fused-ring (bicyclic) bond motifs is 1. The summed E-state index contributed by atoms with van der Waals surface area (Å²) >= 11 is 0. The number of pyridine rings is 1. The van der Waals surface area contributed by atoms with Crippen molar-refractivity contribution >= 4 is 11.0 Å². The number of phenolic OH excluding ortho intramolecular Hbond substituents is 1. The first-order valence-corrected chi connectivity index (χ1v) is 25.3. The molecular weight excluding hydrogens is 1060 g/mol. The van der Waals surface area contributed by atoms with E-state index in [1.54, 1.807) is 0 Å². The minimum atomic E-state index is -0.154. The van der Waals surface area contributed by atoms with E-state index in [0.29, 0.717) is 17.3 Å². The van der Waals surface area contributed by atoms with Gasteiger partial charge in [0.25, 0.3) is 0 Å². The number of imidazole rings is 1. The van der Waals surface area contributed by atoms with Gasteiger partial charge in [0, 0.05) is 43.9 Å². The normalized spacial score (nSPS) is 13.1. The van der Waals surface area contributed by atoms with Crippen LogP contribution in [0, 0.1) is 12.0 Å². The molecular formula is C67H60N3OPt-. The van der Waals surface area contributed by atoms with Crippen molar-refractivity contribution in [3.8, 4) is 78.6 Å². The van der Waals surface area contributed by atoms with Crippen molar-refractivity contribution in [1.82, 2.24) is 14.5 Å². The Bertz CT molecular complexity index is 3510. The summed E-state index contributed by atoms with van der Waals surface area (Å²) in [5.74, 6) is 1.59. The number of benzene rings is 8. The Morgan fingerprint density at radius 1 is 0.542 bits per heavy atom. The van der Waals surface area contributed by atoms with Gasteiger partial charge in [0.05, 0.1) is 22.3 Å². The van der Waals surface area contributed by atoms with Gasteiger partial charge in [-0.2, -0.15) is 0 Å². The van der Waals surface area contributed by atoms with E-state index in [-0.39, 0.29) is 37.6 Å². The Morgan fingerprint density at radius 2 is 1.18 bits per heavy atom. The SMILES string of the molecule is CC(C)(C)c1ccc(O)c(-c2nc3c(-c4[c-]c(-c5cc(-c6ccc(C(C)(C)c7ccccc7)cc6)ccn5)cc(-c5ccccc5)c4)cccc3n2-c2ccc(CC3CCCC3)cc2-c2ccccc2)c1.[Pt]. The number of para-hydroxylation sites is 1. The van der Waals surface area contributed by atoms with E-state index in [4.69, 9.17) is 9.97 Å². The Balaban J connectivity index is 0.00000596. The van der Waals surface area contributed by atoms with Crippen molar-refractivity contribution in [2.24, 2.45) is 5.92 Å². The molecule has 4 nitrogen and oxygen atoms in total. The molecule has 1 aliphatic carbocycles. The summed E-state index contributed by atoms with van der Waals surface area (Å²) in [4.78, 5) is 10.6. The Hall–Kier alpha value is -7.13. The van der Waals surface area contributed by atoms with E-state index in [9.17, 15) is 5.11 Å². The number of aromatic hydroxyl groups is 1. The van der Waals surface area contributed by atoms with Gasteiger partial charge >= 0.3 is 0 Å². The molecule has 1 N–H and O–H groups in total. The monoisotopic (exact) mass is 1120 g/mol. The molecule has 0 amide bonds. The van der Waals surface area contributed by atoms with Crippen molar-refractivity contribution < 1.29 is 26.2 Å². The summed E-state index contributed by atoms with van der Waals surface area (Å²) < 4.78 is 2.28. The van der Waals surface area contributed by atoms with E-state index >= 15 is 0 Å². The molecule has 0 unspecified atom stereocenters. The van der Waals surface area contributed by atoms with Crippen LogP contribution in [0.2, 0.25) is 0 Å². The van der Waals surface area contributed by atoms with E-state index in [1.165, 1.54) is 42.4 Å². The van der Waals surface area contributed by atoms with Crippen LogP contribution in [-0.4, -0.2) is 19.6 Å². The van der Waals surface area contributed by atoms with Gasteiger partial charge in [0.15, 0.2) is 0 Å². The zero-order valence-electron chi connectivity index (χ0n) is 41.8. The molecule has 8 aromatic carbocycles. The van der Waals surface area contributed by atoms with Crippen LogP contribution >= 0.6 is 0 Å². The minimum Gasteiger partial charge on any atom is -0.507 e. The van der Waals surface area contributed by atoms with Gasteiger partial charge in [0.1, 0.15) is 11.6 Å². The maximum Gasteiger partial charge on any atom is 0.148 e. The summed E-state index contributed by atoms with van der Waals surface area (Å²) in [7, 11) is 0. The van der Waals surface area contributed by atoms with Gasteiger partial charge in [-0.3, -0.25) is 9.55 Å². The molecule has 1 fully saturated rings. The molecule has 0 aliphatic heterocycles. The molecule has 10 aromatic rings. The third kappa shape index (κ3) is 9.66. The summed E-state index contributed by atoms with van der Waals surface area (Å²) in [6, 6.07) is 73.0. The smallest absolute Gasteiger partial charge is 0.148 e. The number of nitrogens with zero attached hydrogens (tertiary/aromatic N) is 3. The quantitative estimate of drug-likeness (QED) is 0.131. The zero-order valence-corrected chi connectivity index (χ0v) is 44.0. The predicted molar refractivity (Wildman–Crippen MR) is 295 cm³/mol. The molecule has 0 saturated heterocycles. The number of aromatic nitrogens is 3. The number of hydrogen-bond acceptors (Lipinski definition) is 3. The van der Waals surface area contributed by atoms with Crippen LogP contribution in [0.5, 0.6) is 5.75 Å². The summed E-state index contributed by atoms with van der Waals surface area (Å²) in [6.45, 7) is 11.2. The molecule has 0 atom stereocenters. The second kappa shape index (κ2) is 20.2. The molecule has 11 rings (SSSR count). The maximum atomic E-state index is 11.9. The standard InChI is InChI=1S/C67H60N3O.Pt/c1-66(2,3)56-33-35-63(71)59(44-56)65-69-64-57(26-17-27-62(64)70(65)61-34-28-46(38-45-18-15-16-19-45)39-58(61)49-22-11-7-12-23-49)52-40-51(47-20-9-6-10-21-47)41-53(42-52)60-43-50(36-37-68-60)48-29-31-55(32-30-48)67(4,5)54-24-13-8-14-25-54;/h6-14,17,20-37,39-41,43-45,71H,15-16,18-19,38H2,1-5H3;/q-1;. The van der Waals surface area contributed by atoms with Crippen LogP contribution < -0.4 is 0 Å². The molecule has 360 valence electrons. The van der Waals surface area contributed by atoms with Crippen LogP contribution in [0.15, 0.2) is 200 Å². The Morgan fingerprint density at radius 3 is 1.89 bits per heavy atom. The van der Waals surface area contributed by atoms with Crippen molar-refractivity contribution in [2.75, 3.05) is 0 Å². The Labute approximate surface area is 439 Å². The van der Waals surface area contributed by atoms with Crippen molar-refractivity contribution in [3.63, 3.8) is 0 Å². The van der Waals surface area contributed by atoms with Crippen LogP contribution in [0.1, 0.15) is 82.6 Å². The van der Waals surface area contributed by atoms with Gasteiger partial charge in [0.2, 0.25) is 0 Å². The molecule has 0 bridgehead atoms. The fourth-order valence-electron chi connectivity index (χ4n) is 10.7. The second-order valence-corrected chi connectivity index (χ2v) is 21.1. The maximum absolute atomic E-state index is 11.9. The van der Waals surface area contributed by atoms with Crippen molar-refractivity contribution in [1.29, 1.82) is 0 Å². The summed E-state index contributed by atoms with van der Waals surface area (Å²) in [5, 5.41) is 11.9. The predicted octanol–water partition coefficient (Wildman–Crippen LogP) is 17.3. The fourth-order valence-corrected chi connectivity index (χ4v) is 10.7. The van der Waals surface area contributed by atoms with Gasteiger partial charge in [-0.15, -0.1) is 23.8 Å². The molecule has 0 radical (unpaired) electrons. The van der Waals surface area contributed by atoms with Crippen molar-refractivity contribution in [2.45, 2.75) is 77.6 Å². The number of rotatable bonds is 11. The minimum absolute atomic E-state index is 0. The van der Waals surface area contributed by atoms with E-state index in [2.05, 4.69) is 227 Å². The summed E-state index contributed by atoms with van der Waals surface area (Å²) in [6.07, 6.45) is 8.19. The van der Waals surface area contributed by atoms with Gasteiger partial charge < -0.3 is 5.11 Å². The van der Waals surface area contributed by atoms with Crippen LogP contribution in [0.4, 0.5) is 0 Å². The first kappa shape index (κ1) is 48.5. The first-order valence-electron chi connectivity index (χ1n) is 25.3. The van der Waals surface area contributed by atoms with E-state index < -0.39 is 0 Å². The topological polar surface area (TPSA) is 50.9 Å². The average Bonchev–Trinajstić information content (AvgIpc) is 4.07. The summed E-state index contributed by atoms with van der Waals surface area (Å²) in [5.41, 5.74) is 18.4. The van der Waals surface area contributed by atoms with E-state index in [0.717, 1.165) is 84.5 Å². The zero-order chi connectivity index (χ0) is 48.7. The van der Waals surface area contributed by atoms with Gasteiger partial charge in [-0.25, -0.2) is 4.98 Å².